The highest BCUT2D eigenvalue weighted by atomic mass is 32.2. The van der Waals surface area contributed by atoms with Crippen molar-refractivity contribution >= 4 is 27.4 Å². The van der Waals surface area contributed by atoms with E-state index in [1.165, 1.54) is 36.5 Å². The number of hydrogen-bond donors (Lipinski definition) is 4. The van der Waals surface area contributed by atoms with Gasteiger partial charge in [0.1, 0.15) is 5.82 Å². The molecule has 0 aliphatic heterocycles. The SMILES string of the molecule is CCc1ccc(CS(=O)(=O)Nc2cc(C(=O)Nc3ccc(O)c(O)c3)ccn2)cc1. The number of sulfonamides is 1. The van der Waals surface area contributed by atoms with E-state index in [-0.39, 0.29) is 34.3 Å². The molecule has 3 rings (SSSR count). The minimum atomic E-state index is -3.72. The van der Waals surface area contributed by atoms with Crippen LogP contribution >= 0.6 is 0 Å². The Morgan fingerprint density at radius 3 is 2.33 bits per heavy atom. The predicted octanol–water partition coefficient (Wildman–Crippen LogP) is 3.25. The molecule has 0 spiro atoms. The lowest BCUT2D eigenvalue weighted by Gasteiger charge is -2.10. The molecule has 0 aliphatic carbocycles. The van der Waals surface area contributed by atoms with Gasteiger partial charge in [-0.1, -0.05) is 31.2 Å². The molecule has 0 radical (unpaired) electrons. The third-order valence-corrected chi connectivity index (χ3v) is 5.54. The van der Waals surface area contributed by atoms with E-state index in [1.54, 1.807) is 12.1 Å². The van der Waals surface area contributed by atoms with Crippen LogP contribution in [0.2, 0.25) is 0 Å². The number of amides is 1. The summed E-state index contributed by atoms with van der Waals surface area (Å²) in [7, 11) is -3.72. The molecule has 1 heterocycles. The van der Waals surface area contributed by atoms with Crippen LogP contribution in [0.25, 0.3) is 0 Å². The van der Waals surface area contributed by atoms with Crippen LogP contribution in [0, 0.1) is 0 Å². The summed E-state index contributed by atoms with van der Waals surface area (Å²) in [6.45, 7) is 2.02. The van der Waals surface area contributed by atoms with E-state index in [0.717, 1.165) is 12.0 Å². The average molecular weight is 427 g/mol. The number of aromatic hydroxyl groups is 2. The van der Waals surface area contributed by atoms with E-state index in [1.807, 2.05) is 19.1 Å². The zero-order chi connectivity index (χ0) is 21.7. The number of phenolic OH excluding ortho intramolecular Hbond substituents is 2. The second-order valence-electron chi connectivity index (χ2n) is 6.62. The summed E-state index contributed by atoms with van der Waals surface area (Å²) >= 11 is 0. The minimum absolute atomic E-state index is 0.0152. The van der Waals surface area contributed by atoms with Gasteiger partial charge >= 0.3 is 0 Å². The van der Waals surface area contributed by atoms with Crippen molar-refractivity contribution in [3.63, 3.8) is 0 Å². The molecule has 2 aromatic carbocycles. The Bertz CT molecular complexity index is 1160. The third kappa shape index (κ3) is 5.48. The molecule has 0 fully saturated rings. The van der Waals surface area contributed by atoms with Crippen LogP contribution in [0.4, 0.5) is 11.5 Å². The molecule has 30 heavy (non-hydrogen) atoms. The minimum Gasteiger partial charge on any atom is -0.504 e. The van der Waals surface area contributed by atoms with Crippen molar-refractivity contribution in [3.05, 3.63) is 77.5 Å². The number of benzene rings is 2. The average Bonchev–Trinajstić information content (AvgIpc) is 2.71. The standard InChI is InChI=1S/C21H21N3O5S/c1-2-14-3-5-15(6-4-14)13-30(28,29)24-20-11-16(9-10-22-20)21(27)23-17-7-8-18(25)19(26)12-17/h3-12,25-26H,2,13H2,1H3,(H,22,24)(H,23,27). The number of aromatic nitrogens is 1. The molecular weight excluding hydrogens is 406 g/mol. The van der Waals surface area contributed by atoms with Gasteiger partial charge in [0.15, 0.2) is 11.5 Å². The van der Waals surface area contributed by atoms with Gasteiger partial charge in [-0.15, -0.1) is 0 Å². The van der Waals surface area contributed by atoms with Crippen molar-refractivity contribution in [1.82, 2.24) is 4.98 Å². The molecule has 0 atom stereocenters. The summed E-state index contributed by atoms with van der Waals surface area (Å²) in [5.74, 6) is -1.41. The van der Waals surface area contributed by atoms with Crippen molar-refractivity contribution in [3.8, 4) is 11.5 Å². The van der Waals surface area contributed by atoms with E-state index < -0.39 is 15.9 Å². The van der Waals surface area contributed by atoms with Crippen LogP contribution in [0.3, 0.4) is 0 Å². The Morgan fingerprint density at radius 1 is 0.967 bits per heavy atom. The Labute approximate surface area is 174 Å². The Hall–Kier alpha value is -3.59. The molecule has 0 saturated heterocycles. The molecule has 0 bridgehead atoms. The van der Waals surface area contributed by atoms with Crippen LogP contribution in [0.5, 0.6) is 11.5 Å². The fourth-order valence-electron chi connectivity index (χ4n) is 2.72. The van der Waals surface area contributed by atoms with Gasteiger partial charge in [-0.25, -0.2) is 13.4 Å². The molecule has 1 aromatic heterocycles. The highest BCUT2D eigenvalue weighted by molar-refractivity contribution is 7.91. The molecule has 0 unspecified atom stereocenters. The number of aryl methyl sites for hydroxylation is 1. The van der Waals surface area contributed by atoms with Gasteiger partial charge in [0.2, 0.25) is 10.0 Å². The zero-order valence-electron chi connectivity index (χ0n) is 16.2. The summed E-state index contributed by atoms with van der Waals surface area (Å²) in [4.78, 5) is 16.4. The molecule has 1 amide bonds. The first-order valence-corrected chi connectivity index (χ1v) is 10.8. The fourth-order valence-corrected chi connectivity index (χ4v) is 3.85. The lowest BCUT2D eigenvalue weighted by Crippen LogP contribution is -2.17. The second-order valence-corrected chi connectivity index (χ2v) is 8.34. The van der Waals surface area contributed by atoms with E-state index in [0.29, 0.717) is 5.56 Å². The summed E-state index contributed by atoms with van der Waals surface area (Å²) < 4.78 is 27.3. The van der Waals surface area contributed by atoms with Crippen LogP contribution in [0.1, 0.15) is 28.4 Å². The number of hydrogen-bond acceptors (Lipinski definition) is 6. The van der Waals surface area contributed by atoms with Crippen molar-refractivity contribution in [2.45, 2.75) is 19.1 Å². The number of carbonyl (C=O) groups excluding carboxylic acids is 1. The number of anilines is 2. The van der Waals surface area contributed by atoms with Gasteiger partial charge in [-0.3, -0.25) is 9.52 Å². The summed E-state index contributed by atoms with van der Waals surface area (Å²) in [5, 5.41) is 21.4. The number of carbonyl (C=O) groups is 1. The number of nitrogens with zero attached hydrogens (tertiary/aromatic N) is 1. The third-order valence-electron chi connectivity index (χ3n) is 4.30. The molecule has 9 heteroatoms. The van der Waals surface area contributed by atoms with Crippen LogP contribution in [0.15, 0.2) is 60.8 Å². The maximum absolute atomic E-state index is 12.5. The highest BCUT2D eigenvalue weighted by Gasteiger charge is 2.15. The molecule has 0 aliphatic rings. The van der Waals surface area contributed by atoms with E-state index in [9.17, 15) is 23.4 Å². The number of pyridine rings is 1. The molecule has 0 saturated carbocycles. The van der Waals surface area contributed by atoms with Gasteiger partial charge in [0.25, 0.3) is 5.91 Å². The van der Waals surface area contributed by atoms with E-state index in [2.05, 4.69) is 15.0 Å². The topological polar surface area (TPSA) is 129 Å². The normalized spacial score (nSPS) is 11.1. The van der Waals surface area contributed by atoms with Crippen LogP contribution in [-0.4, -0.2) is 29.5 Å². The van der Waals surface area contributed by atoms with E-state index >= 15 is 0 Å². The number of phenols is 2. The van der Waals surface area contributed by atoms with Gasteiger partial charge in [-0.05, 0) is 41.8 Å². The van der Waals surface area contributed by atoms with Gasteiger partial charge < -0.3 is 15.5 Å². The lowest BCUT2D eigenvalue weighted by molar-refractivity contribution is 0.102. The number of rotatable bonds is 7. The molecular formula is C21H21N3O5S. The lowest BCUT2D eigenvalue weighted by atomic mass is 10.1. The summed E-state index contributed by atoms with van der Waals surface area (Å²) in [6, 6.07) is 13.9. The zero-order valence-corrected chi connectivity index (χ0v) is 17.0. The quantitative estimate of drug-likeness (QED) is 0.338. The Kier molecular flexibility index (Phi) is 6.22. The van der Waals surface area contributed by atoms with Crippen molar-refractivity contribution < 1.29 is 23.4 Å². The number of nitrogens with one attached hydrogen (secondary N) is 2. The van der Waals surface area contributed by atoms with Crippen LogP contribution < -0.4 is 10.0 Å². The van der Waals surface area contributed by atoms with Crippen LogP contribution in [-0.2, 0) is 22.2 Å². The fraction of sp³-hybridized carbons (Fsp3) is 0.143. The van der Waals surface area contributed by atoms with Gasteiger partial charge in [-0.2, -0.15) is 0 Å². The Balaban J connectivity index is 1.70. The molecule has 156 valence electrons. The van der Waals surface area contributed by atoms with Gasteiger partial charge in [0.05, 0.1) is 5.75 Å². The summed E-state index contributed by atoms with van der Waals surface area (Å²) in [6.07, 6.45) is 2.19. The van der Waals surface area contributed by atoms with E-state index in [4.69, 9.17) is 0 Å². The highest BCUT2D eigenvalue weighted by Crippen LogP contribution is 2.27. The van der Waals surface area contributed by atoms with Crippen molar-refractivity contribution in [2.75, 3.05) is 10.0 Å². The second kappa shape index (κ2) is 8.83. The van der Waals surface area contributed by atoms with Crippen molar-refractivity contribution in [2.24, 2.45) is 0 Å². The first kappa shape index (κ1) is 21.1. The molecule has 8 nitrogen and oxygen atoms in total. The first-order chi connectivity index (χ1) is 14.3. The maximum Gasteiger partial charge on any atom is 0.255 e. The Morgan fingerprint density at radius 2 is 1.67 bits per heavy atom. The van der Waals surface area contributed by atoms with Gasteiger partial charge in [0, 0.05) is 23.5 Å². The maximum atomic E-state index is 12.5. The van der Waals surface area contributed by atoms with Crippen molar-refractivity contribution in [1.29, 1.82) is 0 Å². The monoisotopic (exact) mass is 427 g/mol. The largest absolute Gasteiger partial charge is 0.504 e. The molecule has 4 N–H and O–H groups in total. The first-order valence-electron chi connectivity index (χ1n) is 9.13. The smallest absolute Gasteiger partial charge is 0.255 e. The summed E-state index contributed by atoms with van der Waals surface area (Å²) in [5.41, 5.74) is 2.19. The predicted molar refractivity (Wildman–Crippen MR) is 114 cm³/mol. The molecule has 3 aromatic rings.